The normalized spacial score (nSPS) is 11.4. The average molecular weight is 282 g/mol. The largest absolute Gasteiger partial charge is 0.497 e. The number of benzene rings is 2. The quantitative estimate of drug-likeness (QED) is 0.857. The van der Waals surface area contributed by atoms with Crippen LogP contribution >= 0.6 is 0 Å². The molecule has 0 fully saturated rings. The number of rotatable bonds is 4. The lowest BCUT2D eigenvalue weighted by Gasteiger charge is -2.07. The molecule has 2 N–H and O–H groups in total. The Balaban J connectivity index is 1.96. The molecule has 0 aliphatic rings. The highest BCUT2D eigenvalue weighted by molar-refractivity contribution is 5.35. The summed E-state index contributed by atoms with van der Waals surface area (Å²) in [6.07, 6.45) is -4.28. The van der Waals surface area contributed by atoms with Crippen molar-refractivity contribution >= 4 is 5.69 Å². The molecule has 0 saturated carbocycles. The van der Waals surface area contributed by atoms with Gasteiger partial charge in [0, 0.05) is 17.7 Å². The molecule has 0 spiro atoms. The van der Waals surface area contributed by atoms with Crippen molar-refractivity contribution in [1.82, 2.24) is 0 Å². The van der Waals surface area contributed by atoms with Gasteiger partial charge in [-0.3, -0.25) is 0 Å². The smallest absolute Gasteiger partial charge is 0.416 e. The minimum atomic E-state index is -4.28. The van der Waals surface area contributed by atoms with E-state index in [1.165, 1.54) is 12.1 Å². The fourth-order valence-corrected chi connectivity index (χ4v) is 1.81. The Morgan fingerprint density at radius 2 is 1.55 bits per heavy atom. The van der Waals surface area contributed by atoms with Gasteiger partial charge >= 0.3 is 6.18 Å². The van der Waals surface area contributed by atoms with Crippen LogP contribution in [0.25, 0.3) is 0 Å². The van der Waals surface area contributed by atoms with Crippen molar-refractivity contribution in [1.29, 1.82) is 0 Å². The van der Waals surface area contributed by atoms with Crippen LogP contribution in [0.1, 0.15) is 11.1 Å². The second-order valence-corrected chi connectivity index (χ2v) is 4.38. The van der Waals surface area contributed by atoms with E-state index in [9.17, 15) is 13.2 Å². The Bertz CT molecular complexity index is 547. The van der Waals surface area contributed by atoms with E-state index < -0.39 is 11.7 Å². The maximum atomic E-state index is 12.4. The SMILES string of the molecule is COc1ccc([NH2+]Cc2ccc(C(F)(F)F)cc2)cc1. The maximum Gasteiger partial charge on any atom is 0.416 e. The number of halogens is 3. The minimum absolute atomic E-state index is 0.588. The van der Waals surface area contributed by atoms with Crippen LogP contribution in [0.15, 0.2) is 48.5 Å². The number of hydrogen-bond donors (Lipinski definition) is 1. The zero-order valence-corrected chi connectivity index (χ0v) is 10.9. The first-order valence-electron chi connectivity index (χ1n) is 6.12. The molecule has 0 heterocycles. The summed E-state index contributed by atoms with van der Waals surface area (Å²) in [5, 5.41) is 1.96. The average Bonchev–Trinajstić information content (AvgIpc) is 2.45. The standard InChI is InChI=1S/C15H14F3NO/c1-20-14-8-6-13(7-9-14)19-10-11-2-4-12(5-3-11)15(16,17)18/h2-9,19H,10H2,1H3/p+1. The van der Waals surface area contributed by atoms with Crippen LogP contribution in [0.3, 0.4) is 0 Å². The van der Waals surface area contributed by atoms with Gasteiger partial charge in [0.25, 0.3) is 0 Å². The molecule has 0 aliphatic carbocycles. The monoisotopic (exact) mass is 282 g/mol. The Morgan fingerprint density at radius 3 is 2.05 bits per heavy atom. The maximum absolute atomic E-state index is 12.4. The van der Waals surface area contributed by atoms with E-state index in [4.69, 9.17) is 4.74 Å². The Morgan fingerprint density at radius 1 is 0.950 bits per heavy atom. The summed E-state index contributed by atoms with van der Waals surface area (Å²) in [6.45, 7) is 0.588. The van der Waals surface area contributed by atoms with Gasteiger partial charge in [0.05, 0.1) is 12.7 Å². The summed E-state index contributed by atoms with van der Waals surface area (Å²) in [6, 6.07) is 12.7. The van der Waals surface area contributed by atoms with Gasteiger partial charge in [0.2, 0.25) is 0 Å². The lowest BCUT2D eigenvalue weighted by Crippen LogP contribution is -2.76. The third-order valence-corrected chi connectivity index (χ3v) is 2.97. The fraction of sp³-hybridized carbons (Fsp3) is 0.200. The van der Waals surface area contributed by atoms with E-state index >= 15 is 0 Å². The zero-order chi connectivity index (χ0) is 14.6. The second-order valence-electron chi connectivity index (χ2n) is 4.38. The Hall–Kier alpha value is -2.01. The molecule has 2 nitrogen and oxygen atoms in total. The molecule has 0 radical (unpaired) electrons. The molecular formula is C15H15F3NO+. The highest BCUT2D eigenvalue weighted by Crippen LogP contribution is 2.28. The summed E-state index contributed by atoms with van der Waals surface area (Å²) in [5.74, 6) is 0.775. The highest BCUT2D eigenvalue weighted by Gasteiger charge is 2.29. The molecule has 2 aromatic carbocycles. The van der Waals surface area contributed by atoms with Gasteiger partial charge in [-0.15, -0.1) is 0 Å². The van der Waals surface area contributed by atoms with Crippen molar-refractivity contribution < 1.29 is 23.2 Å². The number of ether oxygens (including phenoxy) is 1. The van der Waals surface area contributed by atoms with Crippen LogP contribution in [0.2, 0.25) is 0 Å². The van der Waals surface area contributed by atoms with E-state index in [-0.39, 0.29) is 0 Å². The third kappa shape index (κ3) is 3.74. The zero-order valence-electron chi connectivity index (χ0n) is 10.9. The number of nitrogens with two attached hydrogens (primary N) is 1. The predicted molar refractivity (Wildman–Crippen MR) is 69.7 cm³/mol. The van der Waals surface area contributed by atoms with Gasteiger partial charge in [-0.25, -0.2) is 0 Å². The third-order valence-electron chi connectivity index (χ3n) is 2.97. The van der Waals surface area contributed by atoms with Gasteiger partial charge in [-0.05, 0) is 24.3 Å². The summed E-state index contributed by atoms with van der Waals surface area (Å²) >= 11 is 0. The van der Waals surface area contributed by atoms with Gasteiger partial charge in [0.1, 0.15) is 18.0 Å². The van der Waals surface area contributed by atoms with Crippen molar-refractivity contribution in [2.45, 2.75) is 12.7 Å². The Kier molecular flexibility index (Phi) is 4.29. The van der Waals surface area contributed by atoms with Crippen LogP contribution in [-0.2, 0) is 12.7 Å². The number of quaternary nitrogens is 1. The summed E-state index contributed by atoms with van der Waals surface area (Å²) < 4.78 is 42.3. The number of methoxy groups -OCH3 is 1. The Labute approximate surface area is 115 Å². The molecule has 0 aromatic heterocycles. The molecule has 0 unspecified atom stereocenters. The lowest BCUT2D eigenvalue weighted by atomic mass is 10.1. The molecule has 5 heteroatoms. The molecule has 0 bridgehead atoms. The number of alkyl halides is 3. The van der Waals surface area contributed by atoms with Gasteiger partial charge < -0.3 is 10.1 Å². The van der Waals surface area contributed by atoms with Crippen molar-refractivity contribution in [3.63, 3.8) is 0 Å². The summed E-state index contributed by atoms with van der Waals surface area (Å²) in [7, 11) is 1.60. The van der Waals surface area contributed by atoms with Crippen molar-refractivity contribution in [2.24, 2.45) is 0 Å². The van der Waals surface area contributed by atoms with E-state index in [1.54, 1.807) is 7.11 Å². The molecule has 20 heavy (non-hydrogen) atoms. The van der Waals surface area contributed by atoms with Crippen molar-refractivity contribution in [3.8, 4) is 5.75 Å². The van der Waals surface area contributed by atoms with Crippen molar-refractivity contribution in [3.05, 3.63) is 59.7 Å². The molecule has 0 amide bonds. The molecule has 0 aliphatic heterocycles. The van der Waals surface area contributed by atoms with Gasteiger partial charge in [-0.1, -0.05) is 12.1 Å². The van der Waals surface area contributed by atoms with E-state index in [0.29, 0.717) is 6.54 Å². The molecule has 0 atom stereocenters. The van der Waals surface area contributed by atoms with Crippen LogP contribution in [-0.4, -0.2) is 7.11 Å². The number of hydrogen-bond acceptors (Lipinski definition) is 1. The van der Waals surface area contributed by atoms with E-state index in [2.05, 4.69) is 0 Å². The van der Waals surface area contributed by atoms with E-state index in [0.717, 1.165) is 29.1 Å². The first kappa shape index (κ1) is 14.4. The van der Waals surface area contributed by atoms with Crippen LogP contribution in [0, 0.1) is 0 Å². The van der Waals surface area contributed by atoms with E-state index in [1.807, 2.05) is 29.6 Å². The van der Waals surface area contributed by atoms with Gasteiger partial charge in [0.15, 0.2) is 0 Å². The molecule has 2 aromatic rings. The first-order valence-corrected chi connectivity index (χ1v) is 6.12. The second kappa shape index (κ2) is 5.96. The molecule has 106 valence electrons. The highest BCUT2D eigenvalue weighted by atomic mass is 19.4. The van der Waals surface area contributed by atoms with Crippen LogP contribution in [0.4, 0.5) is 18.9 Å². The van der Waals surface area contributed by atoms with Crippen LogP contribution < -0.4 is 10.1 Å². The predicted octanol–water partition coefficient (Wildman–Crippen LogP) is 3.11. The van der Waals surface area contributed by atoms with Crippen LogP contribution in [0.5, 0.6) is 5.75 Å². The summed E-state index contributed by atoms with van der Waals surface area (Å²) in [4.78, 5) is 0. The molecule has 0 saturated heterocycles. The van der Waals surface area contributed by atoms with Gasteiger partial charge in [-0.2, -0.15) is 13.2 Å². The molecule has 2 rings (SSSR count). The molecular weight excluding hydrogens is 267 g/mol. The first-order chi connectivity index (χ1) is 9.49. The van der Waals surface area contributed by atoms with Crippen molar-refractivity contribution in [2.75, 3.05) is 7.11 Å². The lowest BCUT2D eigenvalue weighted by molar-refractivity contribution is -0.588. The topological polar surface area (TPSA) is 25.8 Å². The fourth-order valence-electron chi connectivity index (χ4n) is 1.81. The summed E-state index contributed by atoms with van der Waals surface area (Å²) in [5.41, 5.74) is 1.23. The minimum Gasteiger partial charge on any atom is -0.497 e.